The lowest BCUT2D eigenvalue weighted by atomic mass is 10.1. The van der Waals surface area contributed by atoms with Crippen molar-refractivity contribution in [3.05, 3.63) is 34.3 Å². The molecule has 0 aliphatic carbocycles. The number of hydrogen-bond donors (Lipinski definition) is 1. The van der Waals surface area contributed by atoms with Gasteiger partial charge in [-0.15, -0.1) is 0 Å². The summed E-state index contributed by atoms with van der Waals surface area (Å²) < 4.78 is 0. The van der Waals surface area contributed by atoms with Crippen LogP contribution in [0.5, 0.6) is 0 Å². The van der Waals surface area contributed by atoms with Crippen LogP contribution in [0.15, 0.2) is 18.2 Å². The van der Waals surface area contributed by atoms with E-state index in [0.29, 0.717) is 10.6 Å². The molecule has 2 nitrogen and oxygen atoms in total. The molecule has 0 saturated carbocycles. The number of hydrogen-bond acceptors (Lipinski definition) is 2. The first-order valence-corrected chi connectivity index (χ1v) is 4.04. The molecular weight excluding hydrogens is 174 g/mol. The number of halogens is 1. The SMILES string of the molecule is CNCc1ccc(C=O)cc1Cl. The lowest BCUT2D eigenvalue weighted by molar-refractivity contribution is 0.112. The Bertz CT molecular complexity index is 286. The van der Waals surface area contributed by atoms with Crippen molar-refractivity contribution in [3.8, 4) is 0 Å². The summed E-state index contributed by atoms with van der Waals surface area (Å²) in [6, 6.07) is 5.27. The van der Waals surface area contributed by atoms with E-state index in [2.05, 4.69) is 5.32 Å². The van der Waals surface area contributed by atoms with Gasteiger partial charge in [-0.2, -0.15) is 0 Å². The van der Waals surface area contributed by atoms with E-state index in [-0.39, 0.29) is 0 Å². The number of carbonyl (C=O) groups is 1. The zero-order chi connectivity index (χ0) is 8.97. The fraction of sp³-hybridized carbons (Fsp3) is 0.222. The summed E-state index contributed by atoms with van der Waals surface area (Å²) in [5, 5.41) is 3.62. The summed E-state index contributed by atoms with van der Waals surface area (Å²) in [6.07, 6.45) is 0.787. The molecule has 1 aromatic rings. The molecule has 3 heteroatoms. The van der Waals surface area contributed by atoms with Crippen LogP contribution in [0.25, 0.3) is 0 Å². The van der Waals surface area contributed by atoms with Crippen LogP contribution in [0.3, 0.4) is 0 Å². The summed E-state index contributed by atoms with van der Waals surface area (Å²) in [4.78, 5) is 10.4. The normalized spacial score (nSPS) is 9.83. The number of benzene rings is 1. The van der Waals surface area contributed by atoms with Crippen LogP contribution in [0.2, 0.25) is 5.02 Å². The molecule has 1 aromatic carbocycles. The molecule has 0 radical (unpaired) electrons. The minimum absolute atomic E-state index is 0.611. The van der Waals surface area contributed by atoms with Crippen LogP contribution in [0.1, 0.15) is 15.9 Å². The molecule has 0 spiro atoms. The Labute approximate surface area is 76.5 Å². The molecule has 0 bridgehead atoms. The summed E-state index contributed by atoms with van der Waals surface area (Å²) in [5.74, 6) is 0. The van der Waals surface area contributed by atoms with E-state index in [4.69, 9.17) is 11.6 Å². The molecule has 0 amide bonds. The Hall–Kier alpha value is -0.860. The molecule has 0 aliphatic rings. The van der Waals surface area contributed by atoms with Crippen LogP contribution in [0, 0.1) is 0 Å². The molecule has 12 heavy (non-hydrogen) atoms. The molecule has 1 rings (SSSR count). The van der Waals surface area contributed by atoms with Gasteiger partial charge in [-0.25, -0.2) is 0 Å². The quantitative estimate of drug-likeness (QED) is 0.725. The number of nitrogens with one attached hydrogen (secondary N) is 1. The van der Waals surface area contributed by atoms with Crippen molar-refractivity contribution in [3.63, 3.8) is 0 Å². The molecule has 0 heterocycles. The van der Waals surface area contributed by atoms with Gasteiger partial charge in [0.25, 0.3) is 0 Å². The highest BCUT2D eigenvalue weighted by molar-refractivity contribution is 6.31. The predicted molar refractivity (Wildman–Crippen MR) is 49.6 cm³/mol. The molecule has 1 N–H and O–H groups in total. The van der Waals surface area contributed by atoms with Crippen LogP contribution in [0.4, 0.5) is 0 Å². The van der Waals surface area contributed by atoms with Crippen molar-refractivity contribution in [1.29, 1.82) is 0 Å². The van der Waals surface area contributed by atoms with E-state index in [0.717, 1.165) is 18.4 Å². The van der Waals surface area contributed by atoms with Crippen molar-refractivity contribution < 1.29 is 4.79 Å². The number of carbonyl (C=O) groups excluding carboxylic acids is 1. The average Bonchev–Trinajstić information content (AvgIpc) is 2.09. The van der Waals surface area contributed by atoms with Crippen molar-refractivity contribution >= 4 is 17.9 Å². The topological polar surface area (TPSA) is 29.1 Å². The first kappa shape index (κ1) is 9.23. The Morgan fingerprint density at radius 3 is 2.83 bits per heavy atom. The fourth-order valence-electron chi connectivity index (χ4n) is 0.971. The fourth-order valence-corrected chi connectivity index (χ4v) is 1.23. The smallest absolute Gasteiger partial charge is 0.150 e. The average molecular weight is 184 g/mol. The Morgan fingerprint density at radius 1 is 1.58 bits per heavy atom. The van der Waals surface area contributed by atoms with Crippen molar-refractivity contribution in [2.75, 3.05) is 7.05 Å². The summed E-state index contributed by atoms with van der Waals surface area (Å²) in [6.45, 7) is 0.720. The van der Waals surface area contributed by atoms with E-state index in [1.54, 1.807) is 12.1 Å². The van der Waals surface area contributed by atoms with E-state index < -0.39 is 0 Å². The Balaban J connectivity index is 2.94. The third-order valence-corrected chi connectivity index (χ3v) is 1.93. The lowest BCUT2D eigenvalue weighted by Gasteiger charge is -2.02. The maximum atomic E-state index is 10.4. The predicted octanol–water partition coefficient (Wildman–Crippen LogP) is 1.87. The highest BCUT2D eigenvalue weighted by atomic mass is 35.5. The van der Waals surface area contributed by atoms with Gasteiger partial charge in [0.05, 0.1) is 0 Å². The molecular formula is C9H10ClNO. The second-order valence-electron chi connectivity index (χ2n) is 2.50. The summed E-state index contributed by atoms with van der Waals surface area (Å²) in [7, 11) is 1.85. The minimum atomic E-state index is 0.611. The highest BCUT2D eigenvalue weighted by Gasteiger charge is 1.99. The van der Waals surface area contributed by atoms with Crippen LogP contribution < -0.4 is 5.32 Å². The van der Waals surface area contributed by atoms with E-state index in [9.17, 15) is 4.79 Å². The molecule has 0 fully saturated rings. The van der Waals surface area contributed by atoms with Gasteiger partial charge in [0.2, 0.25) is 0 Å². The Morgan fingerprint density at radius 2 is 2.33 bits per heavy atom. The summed E-state index contributed by atoms with van der Waals surface area (Å²) >= 11 is 5.89. The van der Waals surface area contributed by atoms with Crippen molar-refractivity contribution in [2.45, 2.75) is 6.54 Å². The second-order valence-corrected chi connectivity index (χ2v) is 2.91. The third kappa shape index (κ3) is 2.06. The van der Waals surface area contributed by atoms with Gasteiger partial charge in [-0.3, -0.25) is 4.79 Å². The maximum Gasteiger partial charge on any atom is 0.150 e. The van der Waals surface area contributed by atoms with Gasteiger partial charge in [-0.05, 0) is 18.7 Å². The maximum absolute atomic E-state index is 10.4. The number of rotatable bonds is 3. The third-order valence-electron chi connectivity index (χ3n) is 1.58. The van der Waals surface area contributed by atoms with Gasteiger partial charge < -0.3 is 5.32 Å². The van der Waals surface area contributed by atoms with E-state index in [1.165, 1.54) is 0 Å². The van der Waals surface area contributed by atoms with Crippen molar-refractivity contribution in [2.24, 2.45) is 0 Å². The second kappa shape index (κ2) is 4.24. The zero-order valence-electron chi connectivity index (χ0n) is 6.80. The van der Waals surface area contributed by atoms with Gasteiger partial charge in [0, 0.05) is 17.1 Å². The molecule has 0 atom stereocenters. The minimum Gasteiger partial charge on any atom is -0.316 e. The molecule has 0 aromatic heterocycles. The van der Waals surface area contributed by atoms with Gasteiger partial charge in [0.15, 0.2) is 0 Å². The first-order chi connectivity index (χ1) is 5.77. The molecule has 0 saturated heterocycles. The van der Waals surface area contributed by atoms with Crippen LogP contribution in [-0.4, -0.2) is 13.3 Å². The first-order valence-electron chi connectivity index (χ1n) is 3.66. The molecule has 64 valence electrons. The standard InChI is InChI=1S/C9H10ClNO/c1-11-5-8-3-2-7(6-12)4-9(8)10/h2-4,6,11H,5H2,1H3. The van der Waals surface area contributed by atoms with Gasteiger partial charge in [0.1, 0.15) is 6.29 Å². The van der Waals surface area contributed by atoms with Gasteiger partial charge >= 0.3 is 0 Å². The van der Waals surface area contributed by atoms with Crippen molar-refractivity contribution in [1.82, 2.24) is 5.32 Å². The molecule has 0 unspecified atom stereocenters. The van der Waals surface area contributed by atoms with Crippen LogP contribution in [-0.2, 0) is 6.54 Å². The monoisotopic (exact) mass is 183 g/mol. The van der Waals surface area contributed by atoms with Crippen LogP contribution >= 0.6 is 11.6 Å². The summed E-state index contributed by atoms with van der Waals surface area (Å²) in [5.41, 5.74) is 1.62. The van der Waals surface area contributed by atoms with E-state index >= 15 is 0 Å². The Kier molecular flexibility index (Phi) is 3.26. The largest absolute Gasteiger partial charge is 0.316 e. The lowest BCUT2D eigenvalue weighted by Crippen LogP contribution is -2.05. The number of aldehydes is 1. The van der Waals surface area contributed by atoms with Gasteiger partial charge in [-0.1, -0.05) is 23.7 Å². The highest BCUT2D eigenvalue weighted by Crippen LogP contribution is 2.16. The molecule has 0 aliphatic heterocycles. The van der Waals surface area contributed by atoms with E-state index in [1.807, 2.05) is 13.1 Å². The zero-order valence-corrected chi connectivity index (χ0v) is 7.56.